The summed E-state index contributed by atoms with van der Waals surface area (Å²) < 4.78 is 76.7. The van der Waals surface area contributed by atoms with Crippen molar-refractivity contribution in [3.05, 3.63) is 17.8 Å². The third kappa shape index (κ3) is 4.84. The molecule has 0 saturated carbocycles. The molecule has 1 aromatic rings. The van der Waals surface area contributed by atoms with Crippen molar-refractivity contribution in [1.82, 2.24) is 9.29 Å². The van der Waals surface area contributed by atoms with E-state index >= 15 is 0 Å². The summed E-state index contributed by atoms with van der Waals surface area (Å²) >= 11 is 0. The molecule has 1 aliphatic rings. The van der Waals surface area contributed by atoms with E-state index in [1.165, 1.54) is 7.11 Å². The Morgan fingerprint density at radius 1 is 1.46 bits per heavy atom. The molecule has 2 heterocycles. The third-order valence-electron chi connectivity index (χ3n) is 3.74. The molecule has 1 aromatic heterocycles. The number of nitrogens with one attached hydrogen (secondary N) is 1. The van der Waals surface area contributed by atoms with Gasteiger partial charge in [0.25, 0.3) is 0 Å². The van der Waals surface area contributed by atoms with Crippen LogP contribution in [0, 0.1) is 5.92 Å². The lowest BCUT2D eigenvalue weighted by Gasteiger charge is -2.31. The van der Waals surface area contributed by atoms with Crippen LogP contribution in [0.25, 0.3) is 0 Å². The summed E-state index contributed by atoms with van der Waals surface area (Å²) in [6.45, 7) is 3.96. The van der Waals surface area contributed by atoms with Gasteiger partial charge in [-0.25, -0.2) is 13.4 Å². The van der Waals surface area contributed by atoms with Gasteiger partial charge in [0.05, 0.1) is 18.7 Å². The lowest BCUT2D eigenvalue weighted by molar-refractivity contribution is -0.151. The fraction of sp³-hybridized carbons (Fsp3) is 0.667. The van der Waals surface area contributed by atoms with E-state index in [0.717, 1.165) is 10.5 Å². The molecule has 0 bridgehead atoms. The van der Waals surface area contributed by atoms with E-state index in [0.29, 0.717) is 6.07 Å². The predicted octanol–water partition coefficient (Wildman–Crippen LogP) is 2.16. The molecular formula is C15H22F3N3O4S. The first-order valence-corrected chi connectivity index (χ1v) is 9.45. The lowest BCUT2D eigenvalue weighted by Crippen LogP contribution is -2.46. The molecule has 1 atom stereocenters. The SMILES string of the molecule is COC1CN(S(=O)(=O)c2cnc(NCC(C)C)c(C(F)(F)F)c2)CCO1. The van der Waals surface area contributed by atoms with Crippen LogP contribution in [-0.4, -0.2) is 57.3 Å². The van der Waals surface area contributed by atoms with Crippen molar-refractivity contribution in [2.75, 3.05) is 38.7 Å². The third-order valence-corrected chi connectivity index (χ3v) is 5.57. The van der Waals surface area contributed by atoms with Crippen molar-refractivity contribution < 1.29 is 31.1 Å². The van der Waals surface area contributed by atoms with Crippen LogP contribution in [0.2, 0.25) is 0 Å². The topological polar surface area (TPSA) is 80.8 Å². The highest BCUT2D eigenvalue weighted by Gasteiger charge is 2.38. The van der Waals surface area contributed by atoms with Gasteiger partial charge in [-0.2, -0.15) is 17.5 Å². The molecule has 0 aromatic carbocycles. The quantitative estimate of drug-likeness (QED) is 0.792. The summed E-state index contributed by atoms with van der Waals surface area (Å²) in [7, 11) is -2.79. The molecule has 0 radical (unpaired) electrons. The number of alkyl halides is 3. The van der Waals surface area contributed by atoms with Crippen molar-refractivity contribution in [2.24, 2.45) is 5.92 Å². The monoisotopic (exact) mass is 397 g/mol. The second kappa shape index (κ2) is 8.07. The van der Waals surface area contributed by atoms with Crippen LogP contribution in [-0.2, 0) is 25.7 Å². The molecule has 0 spiro atoms. The largest absolute Gasteiger partial charge is 0.419 e. The van der Waals surface area contributed by atoms with Crippen molar-refractivity contribution >= 4 is 15.8 Å². The van der Waals surface area contributed by atoms with Gasteiger partial charge in [-0.15, -0.1) is 0 Å². The average molecular weight is 397 g/mol. The zero-order chi connectivity index (χ0) is 19.5. The molecule has 7 nitrogen and oxygen atoms in total. The molecule has 1 saturated heterocycles. The smallest absolute Gasteiger partial charge is 0.369 e. The molecule has 1 aliphatic heterocycles. The second-order valence-corrected chi connectivity index (χ2v) is 8.18. The number of hydrogen-bond donors (Lipinski definition) is 1. The van der Waals surface area contributed by atoms with E-state index in [-0.39, 0.29) is 38.0 Å². The van der Waals surface area contributed by atoms with Crippen molar-refractivity contribution in [1.29, 1.82) is 0 Å². The highest BCUT2D eigenvalue weighted by Crippen LogP contribution is 2.35. The summed E-state index contributed by atoms with van der Waals surface area (Å²) in [6.07, 6.45) is -4.57. The van der Waals surface area contributed by atoms with Gasteiger partial charge >= 0.3 is 6.18 Å². The van der Waals surface area contributed by atoms with Gasteiger partial charge in [-0.05, 0) is 12.0 Å². The number of pyridine rings is 1. The molecule has 0 aliphatic carbocycles. The molecular weight excluding hydrogens is 375 g/mol. The van der Waals surface area contributed by atoms with Gasteiger partial charge in [-0.1, -0.05) is 13.8 Å². The standard InChI is InChI=1S/C15H22F3N3O4S/c1-10(2)7-19-14-12(15(16,17)18)6-11(8-20-14)26(22,23)21-4-5-25-13(9-21)24-3/h6,8,10,13H,4-5,7,9H2,1-3H3,(H,19,20). The number of ether oxygens (including phenoxy) is 2. The molecule has 2 rings (SSSR count). The van der Waals surface area contributed by atoms with Crippen LogP contribution in [0.15, 0.2) is 17.2 Å². The van der Waals surface area contributed by atoms with Crippen LogP contribution in [0.1, 0.15) is 19.4 Å². The van der Waals surface area contributed by atoms with Gasteiger partial charge in [0, 0.05) is 26.4 Å². The first kappa shape index (κ1) is 20.9. The molecule has 1 unspecified atom stereocenters. The maximum absolute atomic E-state index is 13.4. The normalized spacial score (nSPS) is 19.7. The molecule has 1 fully saturated rings. The number of halogens is 3. The Balaban J connectivity index is 2.36. The predicted molar refractivity (Wildman–Crippen MR) is 88.1 cm³/mol. The summed E-state index contributed by atoms with van der Waals surface area (Å²) in [4.78, 5) is 3.20. The van der Waals surface area contributed by atoms with Gasteiger partial charge < -0.3 is 14.8 Å². The van der Waals surface area contributed by atoms with Crippen molar-refractivity contribution in [2.45, 2.75) is 31.2 Å². The second-order valence-electron chi connectivity index (χ2n) is 6.24. The number of sulfonamides is 1. The molecule has 148 valence electrons. The molecule has 1 N–H and O–H groups in total. The number of morpholine rings is 1. The Hall–Kier alpha value is -1.43. The summed E-state index contributed by atoms with van der Waals surface area (Å²) in [6, 6.07) is 0.613. The van der Waals surface area contributed by atoms with E-state index in [2.05, 4.69) is 10.3 Å². The average Bonchev–Trinajstić information content (AvgIpc) is 2.59. The Bertz CT molecular complexity index is 725. The molecule has 0 amide bonds. The Labute approximate surface area is 150 Å². The Morgan fingerprint density at radius 2 is 2.15 bits per heavy atom. The van der Waals surface area contributed by atoms with Gasteiger partial charge in [0.2, 0.25) is 10.0 Å². The van der Waals surface area contributed by atoms with Gasteiger partial charge in [0.1, 0.15) is 10.7 Å². The Kier molecular flexibility index (Phi) is 6.48. The number of methoxy groups -OCH3 is 1. The summed E-state index contributed by atoms with van der Waals surface area (Å²) in [5.74, 6) is -0.289. The van der Waals surface area contributed by atoms with E-state index in [4.69, 9.17) is 9.47 Å². The maximum Gasteiger partial charge on any atom is 0.419 e. The van der Waals surface area contributed by atoms with Gasteiger partial charge in [-0.3, -0.25) is 0 Å². The van der Waals surface area contributed by atoms with Crippen molar-refractivity contribution in [3.63, 3.8) is 0 Å². The lowest BCUT2D eigenvalue weighted by atomic mass is 10.2. The maximum atomic E-state index is 13.4. The first-order chi connectivity index (χ1) is 12.1. The summed E-state index contributed by atoms with van der Waals surface area (Å²) in [5.41, 5.74) is -1.12. The zero-order valence-electron chi connectivity index (χ0n) is 14.7. The van der Waals surface area contributed by atoms with Gasteiger partial charge in [0.15, 0.2) is 6.29 Å². The zero-order valence-corrected chi connectivity index (χ0v) is 15.5. The number of nitrogens with zero attached hydrogens (tertiary/aromatic N) is 2. The minimum Gasteiger partial charge on any atom is -0.369 e. The van der Waals surface area contributed by atoms with E-state index in [1.807, 2.05) is 13.8 Å². The fourth-order valence-corrected chi connectivity index (χ4v) is 3.73. The first-order valence-electron chi connectivity index (χ1n) is 8.01. The van der Waals surface area contributed by atoms with E-state index in [9.17, 15) is 21.6 Å². The number of aromatic nitrogens is 1. The fourth-order valence-electron chi connectivity index (χ4n) is 2.35. The molecule has 11 heteroatoms. The highest BCUT2D eigenvalue weighted by molar-refractivity contribution is 7.89. The summed E-state index contributed by atoms with van der Waals surface area (Å²) in [5, 5.41) is 2.61. The van der Waals surface area contributed by atoms with Crippen LogP contribution in [0.5, 0.6) is 0 Å². The highest BCUT2D eigenvalue weighted by atomic mass is 32.2. The number of anilines is 1. The van der Waals surface area contributed by atoms with Crippen LogP contribution in [0.4, 0.5) is 19.0 Å². The van der Waals surface area contributed by atoms with Crippen molar-refractivity contribution in [3.8, 4) is 0 Å². The minimum atomic E-state index is -4.74. The van der Waals surface area contributed by atoms with Crippen LogP contribution in [0.3, 0.4) is 0 Å². The minimum absolute atomic E-state index is 0.0247. The van der Waals surface area contributed by atoms with Crippen LogP contribution >= 0.6 is 0 Å². The van der Waals surface area contributed by atoms with Crippen LogP contribution < -0.4 is 5.32 Å². The number of rotatable bonds is 6. The Morgan fingerprint density at radius 3 is 2.73 bits per heavy atom. The van der Waals surface area contributed by atoms with E-state index < -0.39 is 32.9 Å². The van der Waals surface area contributed by atoms with E-state index in [1.54, 1.807) is 0 Å². The molecule has 26 heavy (non-hydrogen) atoms. The number of hydrogen-bond acceptors (Lipinski definition) is 6.